The van der Waals surface area contributed by atoms with Crippen LogP contribution in [0.4, 0.5) is 0 Å². The lowest BCUT2D eigenvalue weighted by Crippen LogP contribution is -2.26. The quantitative estimate of drug-likeness (QED) is 0.751. The molecular formula is C11H16N2O3. The fraction of sp³-hybridized carbons (Fsp3) is 0.455. The maximum atomic E-state index is 11.5. The molecule has 1 amide bonds. The number of hydrogen-bond acceptors (Lipinski definition) is 3. The first-order valence-electron chi connectivity index (χ1n) is 5.17. The van der Waals surface area contributed by atoms with E-state index in [0.29, 0.717) is 18.8 Å². The van der Waals surface area contributed by atoms with E-state index in [9.17, 15) is 9.59 Å². The van der Waals surface area contributed by atoms with Crippen molar-refractivity contribution < 1.29 is 14.3 Å². The summed E-state index contributed by atoms with van der Waals surface area (Å²) in [6, 6.07) is 3.39. The standard InChI is InChI=1S/C11H16N2O3/c1-3-16-11(15)9-5-4-6-13(9)7-8(2)10(12)14/h4-6,8H,3,7H2,1-2H3,(H2,12,14). The molecule has 0 fully saturated rings. The minimum absolute atomic E-state index is 0.319. The normalized spacial score (nSPS) is 12.1. The highest BCUT2D eigenvalue weighted by atomic mass is 16.5. The predicted molar refractivity (Wildman–Crippen MR) is 58.7 cm³/mol. The average Bonchev–Trinajstić information content (AvgIpc) is 2.66. The van der Waals surface area contributed by atoms with E-state index in [2.05, 4.69) is 0 Å². The molecule has 5 heteroatoms. The number of hydrogen-bond donors (Lipinski definition) is 1. The first kappa shape index (κ1) is 12.3. The first-order chi connectivity index (χ1) is 7.56. The van der Waals surface area contributed by atoms with E-state index in [4.69, 9.17) is 10.5 Å². The Bertz CT molecular complexity index is 384. The molecule has 2 N–H and O–H groups in total. The molecule has 0 spiro atoms. The minimum atomic E-state index is -0.386. The highest BCUT2D eigenvalue weighted by molar-refractivity contribution is 5.87. The van der Waals surface area contributed by atoms with Gasteiger partial charge in [0.25, 0.3) is 0 Å². The molecule has 1 rings (SSSR count). The van der Waals surface area contributed by atoms with Crippen LogP contribution in [0, 0.1) is 5.92 Å². The lowest BCUT2D eigenvalue weighted by Gasteiger charge is -2.11. The Morgan fingerprint density at radius 3 is 2.81 bits per heavy atom. The molecular weight excluding hydrogens is 208 g/mol. The van der Waals surface area contributed by atoms with Crippen molar-refractivity contribution in [3.05, 3.63) is 24.0 Å². The van der Waals surface area contributed by atoms with Gasteiger partial charge >= 0.3 is 5.97 Å². The van der Waals surface area contributed by atoms with Crippen molar-refractivity contribution in [2.75, 3.05) is 6.61 Å². The van der Waals surface area contributed by atoms with Crippen LogP contribution in [0.1, 0.15) is 24.3 Å². The van der Waals surface area contributed by atoms with Crippen LogP contribution in [0.25, 0.3) is 0 Å². The van der Waals surface area contributed by atoms with E-state index in [1.165, 1.54) is 0 Å². The molecule has 16 heavy (non-hydrogen) atoms. The zero-order chi connectivity index (χ0) is 12.1. The number of ether oxygens (including phenoxy) is 1. The molecule has 0 aliphatic rings. The van der Waals surface area contributed by atoms with Gasteiger partial charge in [-0.05, 0) is 19.1 Å². The summed E-state index contributed by atoms with van der Waals surface area (Å²) in [4.78, 5) is 22.4. The number of carbonyl (C=O) groups is 2. The number of nitrogens with two attached hydrogens (primary N) is 1. The fourth-order valence-corrected chi connectivity index (χ4v) is 1.35. The van der Waals surface area contributed by atoms with Crippen LogP contribution >= 0.6 is 0 Å². The van der Waals surface area contributed by atoms with E-state index in [0.717, 1.165) is 0 Å². The second-order valence-corrected chi connectivity index (χ2v) is 3.57. The summed E-state index contributed by atoms with van der Waals surface area (Å²) in [5, 5.41) is 0. The van der Waals surface area contributed by atoms with Crippen molar-refractivity contribution in [3.63, 3.8) is 0 Å². The molecule has 1 atom stereocenters. The summed E-state index contributed by atoms with van der Waals surface area (Å²) >= 11 is 0. The average molecular weight is 224 g/mol. The Kier molecular flexibility index (Phi) is 4.10. The van der Waals surface area contributed by atoms with Crippen molar-refractivity contribution in [1.82, 2.24) is 4.57 Å². The molecule has 1 unspecified atom stereocenters. The van der Waals surface area contributed by atoms with E-state index < -0.39 is 0 Å². The van der Waals surface area contributed by atoms with Gasteiger partial charge in [0, 0.05) is 12.7 Å². The molecule has 1 heterocycles. The van der Waals surface area contributed by atoms with Gasteiger partial charge < -0.3 is 15.0 Å². The highest BCUT2D eigenvalue weighted by Gasteiger charge is 2.15. The van der Waals surface area contributed by atoms with Gasteiger partial charge in [0.1, 0.15) is 5.69 Å². The van der Waals surface area contributed by atoms with Gasteiger partial charge in [-0.2, -0.15) is 0 Å². The maximum absolute atomic E-state index is 11.5. The molecule has 0 saturated heterocycles. The van der Waals surface area contributed by atoms with Crippen LogP contribution in [0.5, 0.6) is 0 Å². The van der Waals surface area contributed by atoms with Crippen molar-refractivity contribution in [2.24, 2.45) is 11.7 Å². The highest BCUT2D eigenvalue weighted by Crippen LogP contribution is 2.08. The zero-order valence-corrected chi connectivity index (χ0v) is 9.47. The second kappa shape index (κ2) is 5.34. The molecule has 0 aromatic carbocycles. The number of carbonyl (C=O) groups excluding carboxylic acids is 2. The molecule has 0 saturated carbocycles. The van der Waals surface area contributed by atoms with Crippen molar-refractivity contribution in [1.29, 1.82) is 0 Å². The second-order valence-electron chi connectivity index (χ2n) is 3.57. The van der Waals surface area contributed by atoms with Crippen LogP contribution < -0.4 is 5.73 Å². The Labute approximate surface area is 94.2 Å². The molecule has 0 aliphatic carbocycles. The van der Waals surface area contributed by atoms with Gasteiger partial charge in [-0.25, -0.2) is 4.79 Å². The van der Waals surface area contributed by atoms with Crippen LogP contribution in [0.3, 0.4) is 0 Å². The molecule has 0 radical (unpaired) electrons. The predicted octanol–water partition coefficient (Wildman–Crippen LogP) is 0.786. The SMILES string of the molecule is CCOC(=O)c1cccn1CC(C)C(N)=O. The van der Waals surface area contributed by atoms with Crippen LogP contribution in [0.15, 0.2) is 18.3 Å². The summed E-state index contributed by atoms with van der Waals surface area (Å²) in [6.07, 6.45) is 1.73. The summed E-state index contributed by atoms with van der Waals surface area (Å²) in [6.45, 7) is 4.18. The van der Waals surface area contributed by atoms with Gasteiger partial charge in [-0.15, -0.1) is 0 Å². The van der Waals surface area contributed by atoms with E-state index in [-0.39, 0.29) is 17.8 Å². The summed E-state index contributed by atoms with van der Waals surface area (Å²) in [5.74, 6) is -1.09. The number of amides is 1. The largest absolute Gasteiger partial charge is 0.461 e. The van der Waals surface area contributed by atoms with Crippen molar-refractivity contribution in [2.45, 2.75) is 20.4 Å². The van der Waals surface area contributed by atoms with E-state index >= 15 is 0 Å². The van der Waals surface area contributed by atoms with Crippen LogP contribution in [-0.2, 0) is 16.1 Å². The topological polar surface area (TPSA) is 74.3 Å². The Hall–Kier alpha value is -1.78. The number of rotatable bonds is 5. The van der Waals surface area contributed by atoms with Crippen molar-refractivity contribution in [3.8, 4) is 0 Å². The molecule has 88 valence electrons. The van der Waals surface area contributed by atoms with E-state index in [1.807, 2.05) is 0 Å². The number of aromatic nitrogens is 1. The van der Waals surface area contributed by atoms with E-state index in [1.54, 1.807) is 36.7 Å². The lowest BCUT2D eigenvalue weighted by atomic mass is 10.1. The molecule has 5 nitrogen and oxygen atoms in total. The lowest BCUT2D eigenvalue weighted by molar-refractivity contribution is -0.121. The number of nitrogens with zero attached hydrogens (tertiary/aromatic N) is 1. The van der Waals surface area contributed by atoms with Gasteiger partial charge in [-0.3, -0.25) is 4.79 Å². The first-order valence-corrected chi connectivity index (χ1v) is 5.17. The van der Waals surface area contributed by atoms with Crippen LogP contribution in [-0.4, -0.2) is 23.1 Å². The summed E-state index contributed by atoms with van der Waals surface area (Å²) in [7, 11) is 0. The van der Waals surface area contributed by atoms with Crippen molar-refractivity contribution >= 4 is 11.9 Å². The maximum Gasteiger partial charge on any atom is 0.354 e. The third-order valence-electron chi connectivity index (χ3n) is 2.27. The van der Waals surface area contributed by atoms with Gasteiger partial charge in [-0.1, -0.05) is 6.92 Å². The Morgan fingerprint density at radius 2 is 2.25 bits per heavy atom. The fourth-order valence-electron chi connectivity index (χ4n) is 1.35. The molecule has 1 aromatic heterocycles. The number of esters is 1. The van der Waals surface area contributed by atoms with Crippen LogP contribution in [0.2, 0.25) is 0 Å². The third-order valence-corrected chi connectivity index (χ3v) is 2.27. The summed E-state index contributed by atoms with van der Waals surface area (Å²) in [5.41, 5.74) is 5.61. The zero-order valence-electron chi connectivity index (χ0n) is 9.47. The molecule has 0 bridgehead atoms. The minimum Gasteiger partial charge on any atom is -0.461 e. The Balaban J connectivity index is 2.78. The Morgan fingerprint density at radius 1 is 1.56 bits per heavy atom. The van der Waals surface area contributed by atoms with Gasteiger partial charge in [0.05, 0.1) is 12.5 Å². The monoisotopic (exact) mass is 224 g/mol. The van der Waals surface area contributed by atoms with Gasteiger partial charge in [0.2, 0.25) is 5.91 Å². The summed E-state index contributed by atoms with van der Waals surface area (Å²) < 4.78 is 6.57. The molecule has 1 aromatic rings. The third kappa shape index (κ3) is 2.85. The number of primary amides is 1. The smallest absolute Gasteiger partial charge is 0.354 e. The molecule has 0 aliphatic heterocycles. The van der Waals surface area contributed by atoms with Gasteiger partial charge in [0.15, 0.2) is 0 Å².